The number of rotatable bonds is 8. The van der Waals surface area contributed by atoms with Gasteiger partial charge in [-0.3, -0.25) is 9.59 Å². The first-order valence-electron chi connectivity index (χ1n) is 6.30. The first kappa shape index (κ1) is 15.3. The van der Waals surface area contributed by atoms with E-state index in [9.17, 15) is 9.59 Å². The molecule has 1 unspecified atom stereocenters. The number of nitrogens with two attached hydrogens (primary N) is 1. The van der Waals surface area contributed by atoms with Crippen molar-refractivity contribution in [2.75, 3.05) is 25.2 Å². The number of hydrogen-bond acceptors (Lipinski definition) is 5. The summed E-state index contributed by atoms with van der Waals surface area (Å²) in [5.41, 5.74) is 5.61. The Morgan fingerprint density at radius 1 is 1.50 bits per heavy atom. The SMILES string of the molecule is CCN(C(=O)CSCCC(N)C(=O)OC)C1CC1. The minimum absolute atomic E-state index is 0.191. The van der Waals surface area contributed by atoms with Gasteiger partial charge in [0.1, 0.15) is 6.04 Å². The molecule has 18 heavy (non-hydrogen) atoms. The van der Waals surface area contributed by atoms with E-state index in [0.717, 1.165) is 19.4 Å². The number of amides is 1. The molecule has 6 heteroatoms. The number of hydrogen-bond donors (Lipinski definition) is 1. The van der Waals surface area contributed by atoms with E-state index in [-0.39, 0.29) is 5.91 Å². The smallest absolute Gasteiger partial charge is 0.322 e. The number of esters is 1. The molecule has 1 aliphatic carbocycles. The minimum atomic E-state index is -0.580. The van der Waals surface area contributed by atoms with Gasteiger partial charge in [-0.25, -0.2) is 0 Å². The first-order chi connectivity index (χ1) is 8.60. The highest BCUT2D eigenvalue weighted by molar-refractivity contribution is 7.99. The normalized spacial score (nSPS) is 16.2. The van der Waals surface area contributed by atoms with Gasteiger partial charge < -0.3 is 15.4 Å². The van der Waals surface area contributed by atoms with Crippen molar-refractivity contribution < 1.29 is 14.3 Å². The van der Waals surface area contributed by atoms with Crippen LogP contribution in [-0.4, -0.2) is 54.0 Å². The maximum absolute atomic E-state index is 11.9. The molecule has 0 aromatic heterocycles. The van der Waals surface area contributed by atoms with Crippen molar-refractivity contribution in [3.8, 4) is 0 Å². The lowest BCUT2D eigenvalue weighted by Crippen LogP contribution is -2.34. The Hall–Kier alpha value is -0.750. The monoisotopic (exact) mass is 274 g/mol. The zero-order chi connectivity index (χ0) is 13.5. The highest BCUT2D eigenvalue weighted by atomic mass is 32.2. The van der Waals surface area contributed by atoms with Gasteiger partial charge in [0.05, 0.1) is 12.9 Å². The maximum atomic E-state index is 11.9. The average molecular weight is 274 g/mol. The minimum Gasteiger partial charge on any atom is -0.468 e. The maximum Gasteiger partial charge on any atom is 0.322 e. The van der Waals surface area contributed by atoms with E-state index in [1.165, 1.54) is 18.9 Å². The number of carbonyl (C=O) groups excluding carboxylic acids is 2. The molecule has 0 aromatic carbocycles. The van der Waals surface area contributed by atoms with Gasteiger partial charge in [-0.1, -0.05) is 0 Å². The molecule has 1 saturated carbocycles. The quantitative estimate of drug-likeness (QED) is 0.519. The van der Waals surface area contributed by atoms with E-state index in [2.05, 4.69) is 4.74 Å². The first-order valence-corrected chi connectivity index (χ1v) is 7.46. The van der Waals surface area contributed by atoms with E-state index in [1.807, 2.05) is 11.8 Å². The highest BCUT2D eigenvalue weighted by Gasteiger charge is 2.30. The van der Waals surface area contributed by atoms with Crippen LogP contribution in [0.25, 0.3) is 0 Å². The van der Waals surface area contributed by atoms with Gasteiger partial charge in [-0.15, -0.1) is 0 Å². The van der Waals surface area contributed by atoms with Crippen molar-refractivity contribution >= 4 is 23.6 Å². The lowest BCUT2D eigenvalue weighted by atomic mass is 10.2. The molecule has 1 aliphatic rings. The fourth-order valence-corrected chi connectivity index (χ4v) is 2.65. The summed E-state index contributed by atoms with van der Waals surface area (Å²) >= 11 is 1.53. The van der Waals surface area contributed by atoms with Crippen LogP contribution in [0.2, 0.25) is 0 Å². The molecule has 1 fully saturated rings. The second-order valence-corrected chi connectivity index (χ2v) is 5.49. The molecule has 104 valence electrons. The van der Waals surface area contributed by atoms with Crippen LogP contribution < -0.4 is 5.73 Å². The molecule has 0 aliphatic heterocycles. The molecule has 0 radical (unpaired) electrons. The zero-order valence-electron chi connectivity index (χ0n) is 11.1. The molecular formula is C12H22N2O3S. The Bertz CT molecular complexity index is 295. The van der Waals surface area contributed by atoms with Crippen LogP contribution in [-0.2, 0) is 14.3 Å². The van der Waals surface area contributed by atoms with E-state index < -0.39 is 12.0 Å². The molecule has 0 spiro atoms. The molecule has 1 amide bonds. The zero-order valence-corrected chi connectivity index (χ0v) is 11.9. The third-order valence-electron chi connectivity index (χ3n) is 2.95. The molecule has 0 bridgehead atoms. The van der Waals surface area contributed by atoms with Crippen LogP contribution in [0.3, 0.4) is 0 Å². The average Bonchev–Trinajstić information content (AvgIpc) is 3.18. The van der Waals surface area contributed by atoms with Crippen LogP contribution in [0.4, 0.5) is 0 Å². The van der Waals surface area contributed by atoms with Gasteiger partial charge in [0, 0.05) is 12.6 Å². The third kappa shape index (κ3) is 4.86. The van der Waals surface area contributed by atoms with Crippen molar-refractivity contribution in [3.63, 3.8) is 0 Å². The van der Waals surface area contributed by atoms with Crippen molar-refractivity contribution in [2.24, 2.45) is 5.73 Å². The third-order valence-corrected chi connectivity index (χ3v) is 3.93. The Morgan fingerprint density at radius 3 is 2.67 bits per heavy atom. The van der Waals surface area contributed by atoms with E-state index in [0.29, 0.717) is 24.0 Å². The van der Waals surface area contributed by atoms with Crippen LogP contribution in [0.5, 0.6) is 0 Å². The number of nitrogens with zero attached hydrogens (tertiary/aromatic N) is 1. The Kier molecular flexibility index (Phi) is 6.49. The molecule has 5 nitrogen and oxygen atoms in total. The van der Waals surface area contributed by atoms with Crippen molar-refractivity contribution in [1.82, 2.24) is 4.90 Å². The number of thioether (sulfide) groups is 1. The number of carbonyl (C=O) groups is 2. The second-order valence-electron chi connectivity index (χ2n) is 4.38. The van der Waals surface area contributed by atoms with Gasteiger partial charge in [0.25, 0.3) is 0 Å². The van der Waals surface area contributed by atoms with Gasteiger partial charge in [-0.05, 0) is 31.9 Å². The molecule has 1 rings (SSSR count). The van der Waals surface area contributed by atoms with Crippen LogP contribution in [0, 0.1) is 0 Å². The molecule has 1 atom stereocenters. The Morgan fingerprint density at radius 2 is 2.17 bits per heavy atom. The molecule has 0 heterocycles. The summed E-state index contributed by atoms with van der Waals surface area (Å²) in [5, 5.41) is 0. The molecular weight excluding hydrogens is 252 g/mol. The van der Waals surface area contributed by atoms with Crippen LogP contribution in [0.15, 0.2) is 0 Å². The topological polar surface area (TPSA) is 72.6 Å². The summed E-state index contributed by atoms with van der Waals surface area (Å²) in [4.78, 5) is 24.9. The lowest BCUT2D eigenvalue weighted by molar-refractivity contribution is -0.142. The number of methoxy groups -OCH3 is 1. The predicted octanol–water partition coefficient (Wildman–Crippen LogP) is 0.621. The van der Waals surface area contributed by atoms with Gasteiger partial charge >= 0.3 is 5.97 Å². The van der Waals surface area contributed by atoms with Gasteiger partial charge in [0.15, 0.2) is 0 Å². The summed E-state index contributed by atoms with van der Waals surface area (Å²) in [5.74, 6) is 0.967. The Balaban J connectivity index is 2.13. The van der Waals surface area contributed by atoms with Crippen LogP contribution >= 0.6 is 11.8 Å². The summed E-state index contributed by atoms with van der Waals surface area (Å²) in [6.07, 6.45) is 2.81. The summed E-state index contributed by atoms with van der Waals surface area (Å²) in [6.45, 7) is 2.79. The van der Waals surface area contributed by atoms with Crippen molar-refractivity contribution in [1.29, 1.82) is 0 Å². The lowest BCUT2D eigenvalue weighted by Gasteiger charge is -2.20. The fraction of sp³-hybridized carbons (Fsp3) is 0.833. The Labute approximate surface area is 112 Å². The van der Waals surface area contributed by atoms with Crippen molar-refractivity contribution in [3.05, 3.63) is 0 Å². The highest BCUT2D eigenvalue weighted by Crippen LogP contribution is 2.27. The van der Waals surface area contributed by atoms with Gasteiger partial charge in [-0.2, -0.15) is 11.8 Å². The molecule has 2 N–H and O–H groups in total. The standard InChI is InChI=1S/C12H22N2O3S/c1-3-14(9-4-5-9)11(15)8-18-7-6-10(13)12(16)17-2/h9-10H,3-8,13H2,1-2H3. The molecule has 0 aromatic rings. The summed E-state index contributed by atoms with van der Waals surface area (Å²) in [7, 11) is 1.33. The summed E-state index contributed by atoms with van der Waals surface area (Å²) < 4.78 is 4.54. The second kappa shape index (κ2) is 7.63. The van der Waals surface area contributed by atoms with E-state index >= 15 is 0 Å². The van der Waals surface area contributed by atoms with Crippen LogP contribution in [0.1, 0.15) is 26.2 Å². The largest absolute Gasteiger partial charge is 0.468 e. The predicted molar refractivity (Wildman–Crippen MR) is 72.3 cm³/mol. The fourth-order valence-electron chi connectivity index (χ4n) is 1.75. The van der Waals surface area contributed by atoms with Gasteiger partial charge in [0.2, 0.25) is 5.91 Å². The summed E-state index contributed by atoms with van der Waals surface area (Å²) in [6, 6.07) is -0.108. The van der Waals surface area contributed by atoms with E-state index in [4.69, 9.17) is 5.73 Å². The van der Waals surface area contributed by atoms with E-state index in [1.54, 1.807) is 0 Å². The van der Waals surface area contributed by atoms with Crippen molar-refractivity contribution in [2.45, 2.75) is 38.3 Å². The number of ether oxygens (including phenoxy) is 1. The molecule has 0 saturated heterocycles.